The second-order valence-corrected chi connectivity index (χ2v) is 5.32. The van der Waals surface area contributed by atoms with E-state index in [9.17, 15) is 39.6 Å². The van der Waals surface area contributed by atoms with E-state index < -0.39 is 74.7 Å². The molecule has 0 bridgehead atoms. The largest absolute Gasteiger partial charge is 3.00 e. The Morgan fingerprint density at radius 2 is 0.647 bits per heavy atom. The van der Waals surface area contributed by atoms with E-state index in [2.05, 4.69) is 64.6 Å². The molecule has 192 valence electrons. The van der Waals surface area contributed by atoms with Crippen LogP contribution in [0.5, 0.6) is 0 Å². The van der Waals surface area contributed by atoms with E-state index in [1.807, 2.05) is 0 Å². The number of rotatable bonds is 12. The molecule has 0 aromatic rings. The summed E-state index contributed by atoms with van der Waals surface area (Å²) in [7, 11) is 0. The Morgan fingerprint density at radius 3 is 0.676 bits per heavy atom. The summed E-state index contributed by atoms with van der Waals surface area (Å²) in [5, 5.41) is 71.4. The van der Waals surface area contributed by atoms with Crippen molar-refractivity contribution in [1.29, 1.82) is 0 Å². The Labute approximate surface area is 244 Å². The molecule has 4 atom stereocenters. The molecule has 22 heteroatoms. The summed E-state index contributed by atoms with van der Waals surface area (Å²) in [5.41, 5.74) is 0. The van der Waals surface area contributed by atoms with E-state index in [0.717, 1.165) is 0 Å². The van der Waals surface area contributed by atoms with Gasteiger partial charge in [0.05, 0.1) is 97.8 Å². The zero-order valence-electron chi connectivity index (χ0n) is 16.9. The number of halogens is 4. The third-order valence-electron chi connectivity index (χ3n) is 1.97. The Kier molecular flexibility index (Phi) is 46.4. The molecule has 0 spiro atoms. The summed E-state index contributed by atoms with van der Waals surface area (Å²) in [6, 6.07) is 0. The van der Waals surface area contributed by atoms with Crippen LogP contribution in [-0.4, -0.2) is 113 Å². The molecule has 0 aromatic carbocycles. The van der Waals surface area contributed by atoms with Crippen LogP contribution in [0.2, 0.25) is 0 Å². The monoisotopic (exact) mass is 606 g/mol. The van der Waals surface area contributed by atoms with Crippen LogP contribution in [0.15, 0.2) is 0 Å². The summed E-state index contributed by atoms with van der Waals surface area (Å²) < 4.78 is 15.1. The van der Waals surface area contributed by atoms with Gasteiger partial charge in [-0.25, -0.2) is 0 Å². The van der Waals surface area contributed by atoms with Gasteiger partial charge in [-0.3, -0.25) is 17.2 Å². The first kappa shape index (κ1) is 47.4. The molecule has 16 nitrogen and oxygen atoms in total. The number of aliphatic hydroxyl groups is 4. The average molecular weight is 608 g/mol. The second kappa shape index (κ2) is 33.3. The van der Waals surface area contributed by atoms with Gasteiger partial charge in [-0.15, -0.1) is 0 Å². The van der Waals surface area contributed by atoms with Crippen molar-refractivity contribution in [3.05, 3.63) is 0 Å². The number of carboxylic acid groups (broad SMARTS) is 4. The maximum atomic E-state index is 9.59. The van der Waals surface area contributed by atoms with Crippen LogP contribution < -0.4 is 50.0 Å². The first-order valence-electron chi connectivity index (χ1n) is 7.23. The van der Waals surface area contributed by atoms with E-state index in [-0.39, 0.29) is 46.9 Å². The fourth-order valence-corrected chi connectivity index (χ4v) is 0.988. The van der Waals surface area contributed by atoms with Gasteiger partial charge in [-0.2, -0.15) is 0 Å². The van der Waals surface area contributed by atoms with Gasteiger partial charge in [-0.05, 0) is 0 Å². The smallest absolute Gasteiger partial charge is 0.547 e. The molecule has 0 aromatic heterocycles. The molecule has 0 saturated heterocycles. The fraction of sp³-hybridized carbons (Fsp3) is 0.667. The van der Waals surface area contributed by atoms with Crippen molar-refractivity contribution in [2.45, 2.75) is 24.4 Å². The molecule has 0 amide bonds. The first-order chi connectivity index (χ1) is 14.7. The molecule has 0 saturated carbocycles. The van der Waals surface area contributed by atoms with E-state index >= 15 is 0 Å². The Hall–Kier alpha value is 0.252. The number of carbonyl (C=O) groups is 4. The predicted octanol–water partition coefficient (Wildman–Crippen LogP) is -10.3. The number of carboxylic acids is 4. The SMILES string of the molecule is O=C([O-])C(O)COCl.O=C([O-])C(O)COCl.O=C([O-])C(O)COCl.O=C([O-])C(O)COCl.[Al+3].[Na+]. The fourth-order valence-electron chi connectivity index (χ4n) is 0.511. The molecule has 34 heavy (non-hydrogen) atoms. The zero-order chi connectivity index (χ0) is 26.3. The minimum atomic E-state index is -1.63. The topological polar surface area (TPSA) is 278 Å². The molecule has 4 N–H and O–H groups in total. The molecule has 0 fully saturated rings. The molecule has 0 radical (unpaired) electrons. The Bertz CT molecular complexity index is 434. The van der Waals surface area contributed by atoms with Gasteiger partial charge >= 0.3 is 46.9 Å². The van der Waals surface area contributed by atoms with Crippen molar-refractivity contribution >= 4 is 88.7 Å². The molecule has 4 unspecified atom stereocenters. The van der Waals surface area contributed by atoms with Gasteiger partial charge in [0.1, 0.15) is 24.4 Å². The summed E-state index contributed by atoms with van der Waals surface area (Å²) >= 11 is 18.4. The van der Waals surface area contributed by atoms with Crippen molar-refractivity contribution in [1.82, 2.24) is 0 Å². The molecule has 0 aliphatic rings. The number of hydrogen-bond acceptors (Lipinski definition) is 16. The number of hydrogen-bond donors (Lipinski definition) is 4. The van der Waals surface area contributed by atoms with E-state index in [0.29, 0.717) is 0 Å². The number of aliphatic hydroxyl groups excluding tert-OH is 4. The molecular weight excluding hydrogens is 592 g/mol. The number of aliphatic carboxylic acids is 4. The van der Waals surface area contributed by atoms with Crippen LogP contribution in [-0.2, 0) is 36.3 Å². The van der Waals surface area contributed by atoms with Crippen molar-refractivity contribution in [3.8, 4) is 0 Å². The minimum Gasteiger partial charge on any atom is -0.547 e. The van der Waals surface area contributed by atoms with Gasteiger partial charge in [0.15, 0.2) is 0 Å². The zero-order valence-corrected chi connectivity index (χ0v) is 23.1. The summed E-state index contributed by atoms with van der Waals surface area (Å²) in [4.78, 5) is 38.4. The maximum absolute atomic E-state index is 9.59. The normalized spacial score (nSPS) is 12.5. The van der Waals surface area contributed by atoms with E-state index in [1.165, 1.54) is 0 Å². The summed E-state index contributed by atoms with van der Waals surface area (Å²) in [6.07, 6.45) is -6.53. The Morgan fingerprint density at radius 1 is 0.529 bits per heavy atom. The van der Waals surface area contributed by atoms with E-state index in [1.54, 1.807) is 0 Å². The Balaban J connectivity index is -0.0000000754. The van der Waals surface area contributed by atoms with Crippen molar-refractivity contribution < 1.29 is 107 Å². The van der Waals surface area contributed by atoms with Crippen LogP contribution in [0, 0.1) is 0 Å². The van der Waals surface area contributed by atoms with Crippen molar-refractivity contribution in [3.63, 3.8) is 0 Å². The standard InChI is InChI=1S/4C3H5ClO4.Al.Na/c4*4-8-1-2(5)3(6)7;;/h4*2,5H,1H2,(H,6,7);;/q;;;;+3;+1/p-4. The van der Waals surface area contributed by atoms with Crippen LogP contribution in [0.1, 0.15) is 0 Å². The van der Waals surface area contributed by atoms with Gasteiger partial charge in [0.25, 0.3) is 0 Å². The summed E-state index contributed by atoms with van der Waals surface area (Å²) in [5.74, 6) is -6.37. The second-order valence-electron chi connectivity index (χ2n) is 4.44. The predicted molar refractivity (Wildman–Crippen MR) is 97.0 cm³/mol. The van der Waals surface area contributed by atoms with Crippen LogP contribution in [0.3, 0.4) is 0 Å². The number of carbonyl (C=O) groups excluding carboxylic acids is 4. The van der Waals surface area contributed by atoms with Gasteiger partial charge in [0, 0.05) is 0 Å². The first-order valence-corrected chi connectivity index (χ1v) is 8.46. The van der Waals surface area contributed by atoms with Crippen LogP contribution >= 0.6 is 47.5 Å². The van der Waals surface area contributed by atoms with Gasteiger partial charge < -0.3 is 60.0 Å². The average Bonchev–Trinajstić information content (AvgIpc) is 2.70. The molecule has 0 aliphatic heterocycles. The minimum absolute atomic E-state index is 0. The quantitative estimate of drug-likeness (QED) is 0.150. The maximum Gasteiger partial charge on any atom is 3.00 e. The van der Waals surface area contributed by atoms with Crippen LogP contribution in [0.25, 0.3) is 0 Å². The molecule has 0 aliphatic carbocycles. The van der Waals surface area contributed by atoms with Gasteiger partial charge in [-0.1, -0.05) is 0 Å². The molecule has 0 rings (SSSR count). The molecule has 0 heterocycles. The van der Waals surface area contributed by atoms with E-state index in [4.69, 9.17) is 20.4 Å². The summed E-state index contributed by atoms with van der Waals surface area (Å²) in [6.45, 7) is -1.82. The van der Waals surface area contributed by atoms with Crippen molar-refractivity contribution in [2.24, 2.45) is 0 Å². The van der Waals surface area contributed by atoms with Gasteiger partial charge in [0.2, 0.25) is 0 Å². The third kappa shape index (κ3) is 39.5. The van der Waals surface area contributed by atoms with Crippen molar-refractivity contribution in [2.75, 3.05) is 26.4 Å². The van der Waals surface area contributed by atoms with Crippen LogP contribution in [0.4, 0.5) is 0 Å². The third-order valence-corrected chi connectivity index (χ3v) is 2.48. The molecular formula is C12H16AlCl4NaO16.